The quantitative estimate of drug-likeness (QED) is 0.846. The Morgan fingerprint density at radius 3 is 2.63 bits per heavy atom. The zero-order valence-electron chi connectivity index (χ0n) is 15.3. The number of likely N-dealkylation sites (tertiary alicyclic amines) is 1. The molecular formula is C20H22N4O3. The summed E-state index contributed by atoms with van der Waals surface area (Å²) in [5.74, 6) is 0.876. The van der Waals surface area contributed by atoms with E-state index in [4.69, 9.17) is 4.42 Å². The van der Waals surface area contributed by atoms with Crippen molar-refractivity contribution in [1.82, 2.24) is 15.3 Å². The van der Waals surface area contributed by atoms with Crippen LogP contribution in [0, 0.1) is 6.92 Å². The second kappa shape index (κ2) is 7.34. The summed E-state index contributed by atoms with van der Waals surface area (Å²) in [5, 5.41) is 4.34. The van der Waals surface area contributed by atoms with Crippen molar-refractivity contribution in [3.8, 4) is 0 Å². The minimum Gasteiger partial charge on any atom is -0.455 e. The van der Waals surface area contributed by atoms with E-state index in [0.29, 0.717) is 11.3 Å². The van der Waals surface area contributed by atoms with Gasteiger partial charge in [0, 0.05) is 48.6 Å². The fourth-order valence-electron chi connectivity index (χ4n) is 3.73. The number of hydrogen-bond acceptors (Lipinski definition) is 5. The van der Waals surface area contributed by atoms with E-state index in [1.165, 1.54) is 0 Å². The van der Waals surface area contributed by atoms with E-state index in [1.54, 1.807) is 24.5 Å². The van der Waals surface area contributed by atoms with Crippen LogP contribution in [0.1, 0.15) is 63.5 Å². The number of nitrogens with zero attached hydrogens (tertiary/aromatic N) is 3. The van der Waals surface area contributed by atoms with Crippen LogP contribution < -0.4 is 5.43 Å². The number of nitrogens with one attached hydrogen (secondary N) is 1. The maximum Gasteiger partial charge on any atom is 0.289 e. The minimum absolute atomic E-state index is 0.0421. The van der Waals surface area contributed by atoms with Crippen LogP contribution in [0.15, 0.2) is 34.0 Å². The van der Waals surface area contributed by atoms with Crippen molar-refractivity contribution >= 4 is 17.5 Å². The van der Waals surface area contributed by atoms with E-state index in [-0.39, 0.29) is 11.8 Å². The summed E-state index contributed by atoms with van der Waals surface area (Å²) in [6.45, 7) is 3.47. The smallest absolute Gasteiger partial charge is 0.289 e. The molecule has 140 valence electrons. The Balaban J connectivity index is 1.59. The van der Waals surface area contributed by atoms with Crippen LogP contribution in [0.25, 0.3) is 0 Å². The van der Waals surface area contributed by atoms with E-state index >= 15 is 0 Å². The molecule has 7 heteroatoms. The molecule has 2 aromatic heterocycles. The molecule has 1 saturated heterocycles. The molecule has 2 amide bonds. The number of rotatable bonds is 3. The molecule has 7 nitrogen and oxygen atoms in total. The molecule has 0 aromatic carbocycles. The summed E-state index contributed by atoms with van der Waals surface area (Å²) in [6, 6.07) is 3.27. The highest BCUT2D eigenvalue weighted by Crippen LogP contribution is 2.31. The number of hydrogen-bond donors (Lipinski definition) is 1. The third-order valence-corrected chi connectivity index (χ3v) is 5.15. The standard InChI is InChI=1S/C20H22N4O3/c1-13-17-15(22-23-19(25)14-7-9-21-10-8-14)5-4-6-16(17)27-18(13)20(26)24-11-2-3-12-24/h7-10H,2-6,11-12H2,1H3,(H,23,25)/b22-15+. The van der Waals surface area contributed by atoms with E-state index < -0.39 is 0 Å². The highest BCUT2D eigenvalue weighted by Gasteiger charge is 2.31. The molecule has 0 atom stereocenters. The molecule has 0 radical (unpaired) electrons. The number of carbonyl (C=O) groups is 2. The normalized spacial score (nSPS) is 17.8. The van der Waals surface area contributed by atoms with Gasteiger partial charge in [0.15, 0.2) is 5.76 Å². The third kappa shape index (κ3) is 3.37. The van der Waals surface area contributed by atoms with Crippen molar-refractivity contribution in [3.63, 3.8) is 0 Å². The second-order valence-corrected chi connectivity index (χ2v) is 6.94. The molecular weight excluding hydrogens is 344 g/mol. The van der Waals surface area contributed by atoms with Gasteiger partial charge < -0.3 is 9.32 Å². The van der Waals surface area contributed by atoms with Gasteiger partial charge in [-0.15, -0.1) is 0 Å². The SMILES string of the molecule is Cc1c(C(=O)N2CCCC2)oc2c1/C(=N/NC(=O)c1ccncc1)CCC2. The molecule has 1 aliphatic heterocycles. The molecule has 1 N–H and O–H groups in total. The number of aromatic nitrogens is 1. The summed E-state index contributed by atoms with van der Waals surface area (Å²) >= 11 is 0. The molecule has 2 aliphatic rings. The highest BCUT2D eigenvalue weighted by molar-refractivity contribution is 6.07. The summed E-state index contributed by atoms with van der Waals surface area (Å²) in [5.41, 5.74) is 5.57. The molecule has 0 bridgehead atoms. The Labute approximate surface area is 157 Å². The monoisotopic (exact) mass is 366 g/mol. The fourth-order valence-corrected chi connectivity index (χ4v) is 3.73. The molecule has 0 saturated carbocycles. The van der Waals surface area contributed by atoms with Crippen molar-refractivity contribution in [2.75, 3.05) is 13.1 Å². The van der Waals surface area contributed by atoms with E-state index in [0.717, 1.165) is 67.8 Å². The van der Waals surface area contributed by atoms with Crippen LogP contribution in [-0.4, -0.2) is 40.5 Å². The fraction of sp³-hybridized carbons (Fsp3) is 0.400. The molecule has 0 spiro atoms. The number of pyridine rings is 1. The predicted molar refractivity (Wildman–Crippen MR) is 99.8 cm³/mol. The van der Waals surface area contributed by atoms with Gasteiger partial charge >= 0.3 is 0 Å². The predicted octanol–water partition coefficient (Wildman–Crippen LogP) is 2.69. The van der Waals surface area contributed by atoms with Gasteiger partial charge in [0.1, 0.15) is 5.76 Å². The summed E-state index contributed by atoms with van der Waals surface area (Å²) < 4.78 is 5.94. The zero-order valence-corrected chi connectivity index (χ0v) is 15.3. The van der Waals surface area contributed by atoms with E-state index in [1.807, 2.05) is 11.8 Å². The first-order valence-corrected chi connectivity index (χ1v) is 9.34. The van der Waals surface area contributed by atoms with Crippen LogP contribution in [0.5, 0.6) is 0 Å². The number of furan rings is 1. The van der Waals surface area contributed by atoms with Gasteiger partial charge in [-0.05, 0) is 44.7 Å². The Kier molecular flexibility index (Phi) is 4.75. The summed E-state index contributed by atoms with van der Waals surface area (Å²) in [6.07, 6.45) is 7.61. The van der Waals surface area contributed by atoms with Gasteiger partial charge in [-0.2, -0.15) is 5.10 Å². The van der Waals surface area contributed by atoms with Crippen LogP contribution in [-0.2, 0) is 6.42 Å². The zero-order chi connectivity index (χ0) is 18.8. The van der Waals surface area contributed by atoms with E-state index in [9.17, 15) is 9.59 Å². The van der Waals surface area contributed by atoms with Crippen LogP contribution in [0.3, 0.4) is 0 Å². The van der Waals surface area contributed by atoms with Gasteiger partial charge in [-0.3, -0.25) is 14.6 Å². The summed E-state index contributed by atoms with van der Waals surface area (Å²) in [7, 11) is 0. The maximum atomic E-state index is 12.8. The van der Waals surface area contributed by atoms with Crippen LogP contribution >= 0.6 is 0 Å². The third-order valence-electron chi connectivity index (χ3n) is 5.15. The first kappa shape index (κ1) is 17.5. The number of hydrazone groups is 1. The maximum absolute atomic E-state index is 12.8. The average molecular weight is 366 g/mol. The van der Waals surface area contributed by atoms with E-state index in [2.05, 4.69) is 15.5 Å². The molecule has 1 fully saturated rings. The first-order valence-electron chi connectivity index (χ1n) is 9.34. The Hall–Kier alpha value is -2.96. The first-order chi connectivity index (χ1) is 13.1. The number of carbonyl (C=O) groups excluding carboxylic acids is 2. The van der Waals surface area contributed by atoms with Crippen molar-refractivity contribution in [2.45, 2.75) is 39.0 Å². The molecule has 0 unspecified atom stereocenters. The second-order valence-electron chi connectivity index (χ2n) is 6.94. The number of fused-ring (bicyclic) bond motifs is 1. The van der Waals surface area contributed by atoms with Gasteiger partial charge in [-0.1, -0.05) is 0 Å². The Morgan fingerprint density at radius 1 is 1.15 bits per heavy atom. The minimum atomic E-state index is -0.286. The lowest BCUT2D eigenvalue weighted by atomic mass is 9.93. The van der Waals surface area contributed by atoms with Gasteiger partial charge in [-0.25, -0.2) is 5.43 Å². The number of amides is 2. The Bertz CT molecular complexity index is 895. The van der Waals surface area contributed by atoms with Crippen LogP contribution in [0.2, 0.25) is 0 Å². The van der Waals surface area contributed by atoms with Crippen molar-refractivity contribution in [1.29, 1.82) is 0 Å². The van der Waals surface area contributed by atoms with Crippen molar-refractivity contribution < 1.29 is 14.0 Å². The largest absolute Gasteiger partial charge is 0.455 e. The Morgan fingerprint density at radius 2 is 1.89 bits per heavy atom. The van der Waals surface area contributed by atoms with Gasteiger partial charge in [0.05, 0.1) is 5.71 Å². The topological polar surface area (TPSA) is 87.8 Å². The average Bonchev–Trinajstić information content (AvgIpc) is 3.35. The van der Waals surface area contributed by atoms with Crippen molar-refractivity contribution in [2.24, 2.45) is 5.10 Å². The highest BCUT2D eigenvalue weighted by atomic mass is 16.4. The molecule has 4 rings (SSSR count). The molecule has 2 aromatic rings. The molecule has 1 aliphatic carbocycles. The molecule has 3 heterocycles. The van der Waals surface area contributed by atoms with Gasteiger partial charge in [0.25, 0.3) is 11.8 Å². The van der Waals surface area contributed by atoms with Gasteiger partial charge in [0.2, 0.25) is 0 Å². The van der Waals surface area contributed by atoms with Crippen molar-refractivity contribution in [3.05, 3.63) is 52.7 Å². The van der Waals surface area contributed by atoms with Crippen LogP contribution in [0.4, 0.5) is 0 Å². The summed E-state index contributed by atoms with van der Waals surface area (Å²) in [4.78, 5) is 30.8. The molecule has 27 heavy (non-hydrogen) atoms. The lowest BCUT2D eigenvalue weighted by molar-refractivity contribution is 0.0758. The number of aryl methyl sites for hydroxylation is 1. The lowest BCUT2D eigenvalue weighted by Gasteiger charge is -2.14. The lowest BCUT2D eigenvalue weighted by Crippen LogP contribution is -2.27.